The highest BCUT2D eigenvalue weighted by molar-refractivity contribution is 6.30. The highest BCUT2D eigenvalue weighted by Gasteiger charge is 2.21. The normalized spacial score (nSPS) is 17.8. The van der Waals surface area contributed by atoms with Gasteiger partial charge in [0.05, 0.1) is 0 Å². The van der Waals surface area contributed by atoms with Gasteiger partial charge in [-0.3, -0.25) is 9.80 Å². The number of aromatic hydroxyl groups is 1. The number of halogens is 1. The lowest BCUT2D eigenvalue weighted by atomic mass is 10.1. The summed E-state index contributed by atoms with van der Waals surface area (Å²) in [5.74, 6) is 1.60. The van der Waals surface area contributed by atoms with Gasteiger partial charge < -0.3 is 14.6 Å². The summed E-state index contributed by atoms with van der Waals surface area (Å²) in [7, 11) is 0. The lowest BCUT2D eigenvalue weighted by Gasteiger charge is -2.34. The molecule has 2 aromatic rings. The van der Waals surface area contributed by atoms with Gasteiger partial charge in [0.15, 0.2) is 11.5 Å². The van der Waals surface area contributed by atoms with E-state index in [0.29, 0.717) is 18.0 Å². The van der Waals surface area contributed by atoms with Crippen molar-refractivity contribution in [3.8, 4) is 17.2 Å². The summed E-state index contributed by atoms with van der Waals surface area (Å²) in [4.78, 5) is 4.79. The van der Waals surface area contributed by atoms with Crippen molar-refractivity contribution in [3.05, 3.63) is 52.5 Å². The van der Waals surface area contributed by atoms with Gasteiger partial charge in [0.25, 0.3) is 0 Å². The molecule has 6 heteroatoms. The Morgan fingerprint density at radius 2 is 1.60 bits per heavy atom. The molecule has 1 fully saturated rings. The number of rotatable bonds is 4. The van der Waals surface area contributed by atoms with E-state index in [2.05, 4.69) is 15.9 Å². The first-order valence-corrected chi connectivity index (χ1v) is 8.86. The molecule has 0 saturated carbocycles. The molecule has 0 atom stereocenters. The van der Waals surface area contributed by atoms with E-state index in [-0.39, 0.29) is 12.5 Å². The van der Waals surface area contributed by atoms with Gasteiger partial charge >= 0.3 is 0 Å². The van der Waals surface area contributed by atoms with E-state index in [1.807, 2.05) is 24.3 Å². The van der Waals surface area contributed by atoms with E-state index in [0.717, 1.165) is 43.3 Å². The number of hydrogen-bond acceptors (Lipinski definition) is 5. The molecule has 2 heterocycles. The Kier molecular flexibility index (Phi) is 4.70. The van der Waals surface area contributed by atoms with Crippen LogP contribution in [0.3, 0.4) is 0 Å². The van der Waals surface area contributed by atoms with Gasteiger partial charge in [0.1, 0.15) is 5.75 Å². The molecule has 2 aliphatic rings. The van der Waals surface area contributed by atoms with Crippen LogP contribution in [0.5, 0.6) is 17.2 Å². The van der Waals surface area contributed by atoms with E-state index in [4.69, 9.17) is 21.1 Å². The topological polar surface area (TPSA) is 45.2 Å². The van der Waals surface area contributed by atoms with E-state index in [9.17, 15) is 5.11 Å². The largest absolute Gasteiger partial charge is 0.507 e. The van der Waals surface area contributed by atoms with Crippen molar-refractivity contribution in [1.82, 2.24) is 9.80 Å². The van der Waals surface area contributed by atoms with Crippen molar-refractivity contribution in [2.24, 2.45) is 0 Å². The first-order valence-electron chi connectivity index (χ1n) is 8.48. The summed E-state index contributed by atoms with van der Waals surface area (Å²) >= 11 is 6.06. The molecule has 0 unspecified atom stereocenters. The Balaban J connectivity index is 1.33. The van der Waals surface area contributed by atoms with Crippen LogP contribution in [0.25, 0.3) is 0 Å². The van der Waals surface area contributed by atoms with E-state index < -0.39 is 0 Å². The molecular formula is C19H21ClN2O3. The van der Waals surface area contributed by atoms with Crippen LogP contribution >= 0.6 is 11.6 Å². The molecule has 25 heavy (non-hydrogen) atoms. The first kappa shape index (κ1) is 16.5. The summed E-state index contributed by atoms with van der Waals surface area (Å²) in [5, 5.41) is 11.0. The number of hydrogen-bond donors (Lipinski definition) is 1. The Labute approximate surface area is 152 Å². The summed E-state index contributed by atoms with van der Waals surface area (Å²) in [6.45, 7) is 5.79. The number of phenols is 1. The molecule has 1 saturated heterocycles. The van der Waals surface area contributed by atoms with Crippen LogP contribution in [0.1, 0.15) is 11.1 Å². The monoisotopic (exact) mass is 360 g/mol. The second-order valence-corrected chi connectivity index (χ2v) is 6.95. The van der Waals surface area contributed by atoms with Crippen molar-refractivity contribution in [2.45, 2.75) is 13.1 Å². The predicted octanol–water partition coefficient (Wildman–Crippen LogP) is 3.09. The zero-order chi connectivity index (χ0) is 17.2. The third-order valence-corrected chi connectivity index (χ3v) is 4.96. The molecule has 2 aliphatic heterocycles. The van der Waals surface area contributed by atoms with Gasteiger partial charge in [-0.05, 0) is 23.8 Å². The molecule has 4 rings (SSSR count). The van der Waals surface area contributed by atoms with Crippen molar-refractivity contribution >= 4 is 11.6 Å². The third kappa shape index (κ3) is 3.84. The molecule has 0 radical (unpaired) electrons. The lowest BCUT2D eigenvalue weighted by molar-refractivity contribution is 0.121. The van der Waals surface area contributed by atoms with Crippen LogP contribution in [-0.2, 0) is 13.1 Å². The molecule has 0 bridgehead atoms. The van der Waals surface area contributed by atoms with Gasteiger partial charge in [-0.25, -0.2) is 0 Å². The van der Waals surface area contributed by atoms with Crippen LogP contribution in [-0.4, -0.2) is 47.9 Å². The zero-order valence-corrected chi connectivity index (χ0v) is 14.7. The predicted molar refractivity (Wildman–Crippen MR) is 96.2 cm³/mol. The fourth-order valence-corrected chi connectivity index (χ4v) is 3.55. The minimum atomic E-state index is 0.223. The van der Waals surface area contributed by atoms with Gasteiger partial charge in [0.2, 0.25) is 6.79 Å². The summed E-state index contributed by atoms with van der Waals surface area (Å²) in [5.41, 5.74) is 2.13. The standard InChI is InChI=1S/C19H21ClN2O3/c20-16-3-1-2-14(8-16)11-21-4-6-22(7-5-21)12-15-9-18-19(10-17(15)23)25-13-24-18/h1-3,8-10,23H,4-7,11-13H2. The van der Waals surface area contributed by atoms with E-state index in [1.54, 1.807) is 6.07 Å². The summed E-state index contributed by atoms with van der Waals surface area (Å²) < 4.78 is 10.7. The van der Waals surface area contributed by atoms with Gasteiger partial charge in [0, 0.05) is 55.9 Å². The van der Waals surface area contributed by atoms with Crippen LogP contribution in [0.2, 0.25) is 5.02 Å². The third-order valence-electron chi connectivity index (χ3n) is 4.73. The van der Waals surface area contributed by atoms with Crippen LogP contribution in [0.15, 0.2) is 36.4 Å². The lowest BCUT2D eigenvalue weighted by Crippen LogP contribution is -2.45. The molecule has 5 nitrogen and oxygen atoms in total. The smallest absolute Gasteiger partial charge is 0.231 e. The number of ether oxygens (including phenoxy) is 2. The van der Waals surface area contributed by atoms with Gasteiger partial charge in [-0.15, -0.1) is 0 Å². The summed E-state index contributed by atoms with van der Waals surface area (Å²) in [6, 6.07) is 11.6. The first-order chi connectivity index (χ1) is 12.2. The fraction of sp³-hybridized carbons (Fsp3) is 0.368. The molecule has 132 valence electrons. The van der Waals surface area contributed by atoms with Gasteiger partial charge in [-0.2, -0.15) is 0 Å². The molecule has 0 aliphatic carbocycles. The molecular weight excluding hydrogens is 340 g/mol. The van der Waals surface area contributed by atoms with E-state index in [1.165, 1.54) is 5.56 Å². The maximum absolute atomic E-state index is 10.2. The molecule has 0 spiro atoms. The Morgan fingerprint density at radius 1 is 0.920 bits per heavy atom. The highest BCUT2D eigenvalue weighted by atomic mass is 35.5. The fourth-order valence-electron chi connectivity index (χ4n) is 3.34. The van der Waals surface area contributed by atoms with Gasteiger partial charge in [-0.1, -0.05) is 23.7 Å². The molecule has 1 N–H and O–H groups in total. The van der Waals surface area contributed by atoms with Crippen molar-refractivity contribution in [2.75, 3.05) is 33.0 Å². The Morgan fingerprint density at radius 3 is 2.32 bits per heavy atom. The van der Waals surface area contributed by atoms with Crippen LogP contribution in [0.4, 0.5) is 0 Å². The average Bonchev–Trinajstić information content (AvgIpc) is 3.04. The molecule has 0 aromatic heterocycles. The van der Waals surface area contributed by atoms with E-state index >= 15 is 0 Å². The van der Waals surface area contributed by atoms with Crippen molar-refractivity contribution in [3.63, 3.8) is 0 Å². The number of nitrogens with zero attached hydrogens (tertiary/aromatic N) is 2. The average molecular weight is 361 g/mol. The number of fused-ring (bicyclic) bond motifs is 1. The summed E-state index contributed by atoms with van der Waals surface area (Å²) in [6.07, 6.45) is 0. The number of benzene rings is 2. The van der Waals surface area contributed by atoms with Crippen molar-refractivity contribution < 1.29 is 14.6 Å². The quantitative estimate of drug-likeness (QED) is 0.907. The minimum absolute atomic E-state index is 0.223. The number of phenolic OH excluding ortho intramolecular Hbond substituents is 1. The SMILES string of the molecule is Oc1cc2c(cc1CN1CCN(Cc3cccc(Cl)c3)CC1)OCO2. The minimum Gasteiger partial charge on any atom is -0.507 e. The van der Waals surface area contributed by atoms with Crippen molar-refractivity contribution in [1.29, 1.82) is 0 Å². The second kappa shape index (κ2) is 7.12. The Hall–Kier alpha value is -1.95. The molecule has 2 aromatic carbocycles. The molecule has 0 amide bonds. The van der Waals surface area contributed by atoms with Crippen LogP contribution < -0.4 is 9.47 Å². The maximum Gasteiger partial charge on any atom is 0.231 e. The zero-order valence-electron chi connectivity index (χ0n) is 13.9. The van der Waals surface area contributed by atoms with Crippen LogP contribution in [0, 0.1) is 0 Å². The highest BCUT2D eigenvalue weighted by Crippen LogP contribution is 2.38. The second-order valence-electron chi connectivity index (χ2n) is 6.52. The number of piperazine rings is 1. The Bertz CT molecular complexity index is 760. The maximum atomic E-state index is 10.2.